The molecule has 1 aromatic rings. The first kappa shape index (κ1) is 9.14. The first-order valence-electron chi connectivity index (χ1n) is 3.76. The molecule has 0 saturated carbocycles. The lowest BCUT2D eigenvalue weighted by Gasteiger charge is -2.03. The summed E-state index contributed by atoms with van der Waals surface area (Å²) in [6.07, 6.45) is 0.548. The molecule has 3 nitrogen and oxygen atoms in total. The van der Waals surface area contributed by atoms with Gasteiger partial charge in [-0.25, -0.2) is 0 Å². The summed E-state index contributed by atoms with van der Waals surface area (Å²) in [5.74, 6) is 5.00. The van der Waals surface area contributed by atoms with Gasteiger partial charge in [0.1, 0.15) is 0 Å². The third-order valence-corrected chi connectivity index (χ3v) is 1.70. The van der Waals surface area contributed by atoms with Gasteiger partial charge in [-0.1, -0.05) is 5.92 Å². The number of benzene rings is 1. The Labute approximate surface area is 76.7 Å². The minimum absolute atomic E-state index is 0.487. The van der Waals surface area contributed by atoms with Gasteiger partial charge >= 0.3 is 0 Å². The summed E-state index contributed by atoms with van der Waals surface area (Å²) in [5.41, 5.74) is 13.8. The number of aryl methyl sites for hydroxylation is 1. The highest BCUT2D eigenvalue weighted by molar-refractivity contribution is 5.75. The molecular formula is C10H10N2O. The second-order valence-corrected chi connectivity index (χ2v) is 2.68. The lowest BCUT2D eigenvalue weighted by molar-refractivity contribution is -0.103. The highest BCUT2D eigenvalue weighted by atomic mass is 16.1. The predicted octanol–water partition coefficient (Wildman–Crippen LogP) is 0.710. The van der Waals surface area contributed by atoms with Crippen molar-refractivity contribution < 1.29 is 4.79 Å². The molecule has 0 radical (unpaired) electrons. The van der Waals surface area contributed by atoms with Crippen LogP contribution in [-0.4, -0.2) is 6.29 Å². The predicted molar refractivity (Wildman–Crippen MR) is 52.9 cm³/mol. The molecule has 0 unspecified atom stereocenters. The lowest BCUT2D eigenvalue weighted by Crippen LogP contribution is -1.96. The molecule has 0 atom stereocenters. The second-order valence-electron chi connectivity index (χ2n) is 2.68. The summed E-state index contributed by atoms with van der Waals surface area (Å²) in [5, 5.41) is 0. The Balaban J connectivity index is 3.23. The van der Waals surface area contributed by atoms with Crippen LogP contribution < -0.4 is 11.5 Å². The van der Waals surface area contributed by atoms with Gasteiger partial charge in [0.05, 0.1) is 11.4 Å². The fraction of sp³-hybridized carbons (Fsp3) is 0.100. The number of anilines is 2. The van der Waals surface area contributed by atoms with Gasteiger partial charge in [-0.3, -0.25) is 4.79 Å². The topological polar surface area (TPSA) is 69.1 Å². The van der Waals surface area contributed by atoms with Crippen LogP contribution in [0.3, 0.4) is 0 Å². The quantitative estimate of drug-likeness (QED) is 0.346. The zero-order valence-corrected chi connectivity index (χ0v) is 7.29. The van der Waals surface area contributed by atoms with E-state index in [4.69, 9.17) is 11.5 Å². The van der Waals surface area contributed by atoms with Gasteiger partial charge in [-0.15, -0.1) is 0 Å². The maximum absolute atomic E-state index is 10.0. The fourth-order valence-corrected chi connectivity index (χ4v) is 0.989. The van der Waals surface area contributed by atoms with E-state index in [0.29, 0.717) is 17.7 Å². The zero-order chi connectivity index (χ0) is 9.84. The average Bonchev–Trinajstić information content (AvgIpc) is 2.09. The van der Waals surface area contributed by atoms with Crippen molar-refractivity contribution in [2.45, 2.75) is 6.92 Å². The third-order valence-electron chi connectivity index (χ3n) is 1.70. The molecular weight excluding hydrogens is 164 g/mol. The van der Waals surface area contributed by atoms with Crippen LogP contribution in [0.2, 0.25) is 0 Å². The van der Waals surface area contributed by atoms with Crippen molar-refractivity contribution in [2.75, 3.05) is 11.5 Å². The van der Waals surface area contributed by atoms with Crippen LogP contribution in [0.15, 0.2) is 12.1 Å². The Hall–Kier alpha value is -1.95. The van der Waals surface area contributed by atoms with Crippen LogP contribution >= 0.6 is 0 Å². The van der Waals surface area contributed by atoms with Crippen LogP contribution in [-0.2, 0) is 4.79 Å². The first-order chi connectivity index (χ1) is 6.15. The maximum atomic E-state index is 10.0. The number of nitrogen functional groups attached to an aromatic ring is 2. The summed E-state index contributed by atoms with van der Waals surface area (Å²) < 4.78 is 0. The van der Waals surface area contributed by atoms with E-state index in [2.05, 4.69) is 11.8 Å². The molecule has 0 aromatic heterocycles. The summed E-state index contributed by atoms with van der Waals surface area (Å²) in [6.45, 7) is 1.87. The monoisotopic (exact) mass is 174 g/mol. The molecule has 0 fully saturated rings. The molecule has 0 aliphatic carbocycles. The molecule has 0 aliphatic rings. The van der Waals surface area contributed by atoms with E-state index in [1.807, 2.05) is 6.92 Å². The van der Waals surface area contributed by atoms with E-state index in [9.17, 15) is 4.79 Å². The Kier molecular flexibility index (Phi) is 2.56. The SMILES string of the molecule is Cc1cc(N)c(N)cc1C#CC=O. The van der Waals surface area contributed by atoms with Gasteiger partial charge in [0.25, 0.3) is 0 Å². The van der Waals surface area contributed by atoms with E-state index in [-0.39, 0.29) is 0 Å². The number of rotatable bonds is 0. The van der Waals surface area contributed by atoms with E-state index in [0.717, 1.165) is 11.1 Å². The highest BCUT2D eigenvalue weighted by Crippen LogP contribution is 2.19. The van der Waals surface area contributed by atoms with Gasteiger partial charge in [0, 0.05) is 5.56 Å². The van der Waals surface area contributed by atoms with E-state index < -0.39 is 0 Å². The molecule has 0 amide bonds. The van der Waals surface area contributed by atoms with Gasteiger partial charge in [0.15, 0.2) is 6.29 Å². The number of aldehydes is 1. The van der Waals surface area contributed by atoms with Gasteiger partial charge < -0.3 is 11.5 Å². The van der Waals surface area contributed by atoms with Gasteiger partial charge in [-0.05, 0) is 30.5 Å². The number of carbonyl (C=O) groups excluding carboxylic acids is 1. The third kappa shape index (κ3) is 2.00. The Bertz CT molecular complexity index is 399. The number of carbonyl (C=O) groups is 1. The fourth-order valence-electron chi connectivity index (χ4n) is 0.989. The Morgan fingerprint density at radius 2 is 1.92 bits per heavy atom. The molecule has 3 heteroatoms. The van der Waals surface area contributed by atoms with Gasteiger partial charge in [0.2, 0.25) is 0 Å². The van der Waals surface area contributed by atoms with Crippen molar-refractivity contribution in [3.63, 3.8) is 0 Å². The second kappa shape index (κ2) is 3.63. The van der Waals surface area contributed by atoms with Gasteiger partial charge in [-0.2, -0.15) is 0 Å². The van der Waals surface area contributed by atoms with E-state index >= 15 is 0 Å². The first-order valence-corrected chi connectivity index (χ1v) is 3.76. The molecule has 1 aromatic carbocycles. The summed E-state index contributed by atoms with van der Waals surface area (Å²) in [4.78, 5) is 10.0. The van der Waals surface area contributed by atoms with E-state index in [1.165, 1.54) is 0 Å². The Morgan fingerprint density at radius 1 is 1.31 bits per heavy atom. The Morgan fingerprint density at radius 3 is 2.54 bits per heavy atom. The van der Waals surface area contributed by atoms with Crippen molar-refractivity contribution in [2.24, 2.45) is 0 Å². The summed E-state index contributed by atoms with van der Waals surface area (Å²) in [6, 6.07) is 3.41. The number of nitrogens with two attached hydrogens (primary N) is 2. The van der Waals surface area contributed by atoms with Crippen LogP contribution in [0, 0.1) is 18.8 Å². The highest BCUT2D eigenvalue weighted by Gasteiger charge is 1.99. The van der Waals surface area contributed by atoms with Crippen molar-refractivity contribution >= 4 is 17.7 Å². The standard InChI is InChI=1S/C10H10N2O/c1-7-5-9(11)10(12)6-8(7)3-2-4-13/h4-6H,11-12H2,1H3. The molecule has 0 bridgehead atoms. The lowest BCUT2D eigenvalue weighted by atomic mass is 10.1. The average molecular weight is 174 g/mol. The minimum Gasteiger partial charge on any atom is -0.397 e. The maximum Gasteiger partial charge on any atom is 0.193 e. The molecule has 0 saturated heterocycles. The number of hydrogen-bond donors (Lipinski definition) is 2. The van der Waals surface area contributed by atoms with Crippen molar-refractivity contribution in [1.82, 2.24) is 0 Å². The van der Waals surface area contributed by atoms with Crippen molar-refractivity contribution in [3.8, 4) is 11.8 Å². The van der Waals surface area contributed by atoms with Crippen molar-refractivity contribution in [1.29, 1.82) is 0 Å². The number of hydrogen-bond acceptors (Lipinski definition) is 3. The molecule has 0 aliphatic heterocycles. The molecule has 0 heterocycles. The largest absolute Gasteiger partial charge is 0.397 e. The minimum atomic E-state index is 0.487. The molecule has 66 valence electrons. The molecule has 1 rings (SSSR count). The zero-order valence-electron chi connectivity index (χ0n) is 7.29. The van der Waals surface area contributed by atoms with Crippen LogP contribution in [0.5, 0.6) is 0 Å². The van der Waals surface area contributed by atoms with Crippen molar-refractivity contribution in [3.05, 3.63) is 23.3 Å². The molecule has 13 heavy (non-hydrogen) atoms. The van der Waals surface area contributed by atoms with E-state index in [1.54, 1.807) is 12.1 Å². The van der Waals surface area contributed by atoms with Crippen LogP contribution in [0.25, 0.3) is 0 Å². The smallest absolute Gasteiger partial charge is 0.193 e. The normalized spacial score (nSPS) is 8.69. The van der Waals surface area contributed by atoms with Crippen LogP contribution in [0.1, 0.15) is 11.1 Å². The van der Waals surface area contributed by atoms with Crippen LogP contribution in [0.4, 0.5) is 11.4 Å². The summed E-state index contributed by atoms with van der Waals surface area (Å²) >= 11 is 0. The molecule has 4 N–H and O–H groups in total. The summed E-state index contributed by atoms with van der Waals surface area (Å²) in [7, 11) is 0. The molecule has 0 spiro atoms.